The van der Waals surface area contributed by atoms with Gasteiger partial charge in [0.15, 0.2) is 15.6 Å². The van der Waals surface area contributed by atoms with Crippen molar-refractivity contribution in [3.05, 3.63) is 65.3 Å². The van der Waals surface area contributed by atoms with Gasteiger partial charge in [0.25, 0.3) is 0 Å². The van der Waals surface area contributed by atoms with Crippen LogP contribution < -0.4 is 10.5 Å². The lowest BCUT2D eigenvalue weighted by atomic mass is 10.1. The molecule has 0 unspecified atom stereocenters. The minimum atomic E-state index is -3.26. The fraction of sp³-hybridized carbons (Fsp3) is 0.105. The third kappa shape index (κ3) is 3.81. The van der Waals surface area contributed by atoms with Gasteiger partial charge in [0.2, 0.25) is 0 Å². The summed E-state index contributed by atoms with van der Waals surface area (Å²) in [5.41, 5.74) is 8.88. The first-order valence-corrected chi connectivity index (χ1v) is 10.0. The third-order valence-electron chi connectivity index (χ3n) is 3.86. The maximum atomic E-state index is 11.6. The van der Waals surface area contributed by atoms with Gasteiger partial charge in [-0.05, 0) is 61.0 Å². The van der Waals surface area contributed by atoms with Gasteiger partial charge in [-0.1, -0.05) is 11.6 Å². The summed E-state index contributed by atoms with van der Waals surface area (Å²) >= 11 is 6.23. The van der Waals surface area contributed by atoms with E-state index >= 15 is 0 Å². The lowest BCUT2D eigenvalue weighted by Crippen LogP contribution is -1.98. The maximum absolute atomic E-state index is 11.6. The summed E-state index contributed by atoms with van der Waals surface area (Å²) < 4.78 is 29.0. The second-order valence-electron chi connectivity index (χ2n) is 5.88. The number of nitrogens with two attached hydrogens (primary N) is 1. The summed E-state index contributed by atoms with van der Waals surface area (Å²) in [5, 5.41) is 0.528. The van der Waals surface area contributed by atoms with E-state index in [9.17, 15) is 8.42 Å². The van der Waals surface area contributed by atoms with Crippen LogP contribution in [-0.4, -0.2) is 19.7 Å². The number of nitrogens with zero attached hydrogens (tertiary/aromatic N) is 1. The Hall–Kier alpha value is -2.57. The van der Waals surface area contributed by atoms with E-state index in [1.807, 2.05) is 13.0 Å². The molecule has 0 bridgehead atoms. The van der Waals surface area contributed by atoms with Crippen molar-refractivity contribution in [3.63, 3.8) is 0 Å². The van der Waals surface area contributed by atoms with Crippen LogP contribution in [0.5, 0.6) is 11.5 Å². The van der Waals surface area contributed by atoms with Crippen LogP contribution in [0.2, 0.25) is 5.02 Å². The molecule has 2 aromatic carbocycles. The van der Waals surface area contributed by atoms with E-state index in [0.717, 1.165) is 17.4 Å². The van der Waals surface area contributed by atoms with Crippen LogP contribution in [0.25, 0.3) is 11.3 Å². The molecule has 0 saturated heterocycles. The van der Waals surface area contributed by atoms with Crippen LogP contribution in [0.3, 0.4) is 0 Å². The highest BCUT2D eigenvalue weighted by atomic mass is 35.5. The summed E-state index contributed by atoms with van der Waals surface area (Å²) in [7, 11) is -3.26. The summed E-state index contributed by atoms with van der Waals surface area (Å²) in [6.07, 6.45) is 2.82. The van der Waals surface area contributed by atoms with E-state index < -0.39 is 9.84 Å². The molecule has 0 amide bonds. The molecule has 0 fully saturated rings. The van der Waals surface area contributed by atoms with Crippen molar-refractivity contribution in [2.45, 2.75) is 11.8 Å². The highest BCUT2D eigenvalue weighted by Gasteiger charge is 2.13. The molecule has 1 heterocycles. The fourth-order valence-electron chi connectivity index (χ4n) is 2.47. The highest BCUT2D eigenvalue weighted by Crippen LogP contribution is 2.36. The molecule has 1 aromatic heterocycles. The second kappa shape index (κ2) is 6.97. The number of sulfone groups is 1. The third-order valence-corrected chi connectivity index (χ3v) is 5.29. The number of anilines is 1. The van der Waals surface area contributed by atoms with Gasteiger partial charge in [-0.2, -0.15) is 0 Å². The van der Waals surface area contributed by atoms with Gasteiger partial charge in [-0.3, -0.25) is 4.98 Å². The van der Waals surface area contributed by atoms with Gasteiger partial charge < -0.3 is 10.5 Å². The topological polar surface area (TPSA) is 82.3 Å². The number of hydrogen-bond donors (Lipinski definition) is 1. The monoisotopic (exact) mass is 388 g/mol. The minimum absolute atomic E-state index is 0.225. The fourth-order valence-corrected chi connectivity index (χ4v) is 3.33. The zero-order valence-electron chi connectivity index (χ0n) is 14.2. The molecule has 0 aliphatic heterocycles. The first-order chi connectivity index (χ1) is 12.3. The van der Waals surface area contributed by atoms with Crippen molar-refractivity contribution in [1.29, 1.82) is 0 Å². The van der Waals surface area contributed by atoms with E-state index in [0.29, 0.717) is 27.9 Å². The quantitative estimate of drug-likeness (QED) is 0.666. The van der Waals surface area contributed by atoms with E-state index in [-0.39, 0.29) is 4.90 Å². The first-order valence-electron chi connectivity index (χ1n) is 7.74. The van der Waals surface area contributed by atoms with Crippen molar-refractivity contribution < 1.29 is 13.2 Å². The number of aryl methyl sites for hydroxylation is 1. The van der Waals surface area contributed by atoms with Crippen molar-refractivity contribution in [2.75, 3.05) is 12.0 Å². The van der Waals surface area contributed by atoms with Crippen LogP contribution in [0, 0.1) is 6.92 Å². The van der Waals surface area contributed by atoms with Gasteiger partial charge in [-0.25, -0.2) is 8.42 Å². The predicted octanol–water partition coefficient (Wildman–Crippen LogP) is 4.49. The Morgan fingerprint density at radius 2 is 1.81 bits per heavy atom. The molecular weight excluding hydrogens is 372 g/mol. The molecule has 3 rings (SSSR count). The number of benzene rings is 2. The molecule has 0 radical (unpaired) electrons. The van der Waals surface area contributed by atoms with Crippen molar-refractivity contribution in [2.24, 2.45) is 0 Å². The van der Waals surface area contributed by atoms with Crippen molar-refractivity contribution in [1.82, 2.24) is 4.98 Å². The van der Waals surface area contributed by atoms with E-state index in [1.165, 1.54) is 12.1 Å². The van der Waals surface area contributed by atoms with E-state index in [1.54, 1.807) is 36.5 Å². The number of hydrogen-bond acceptors (Lipinski definition) is 5. The zero-order chi connectivity index (χ0) is 18.9. The Bertz CT molecular complexity index is 1060. The maximum Gasteiger partial charge on any atom is 0.175 e. The highest BCUT2D eigenvalue weighted by molar-refractivity contribution is 7.90. The first kappa shape index (κ1) is 18.2. The lowest BCUT2D eigenvalue weighted by molar-refractivity contribution is 0.484. The van der Waals surface area contributed by atoms with Gasteiger partial charge >= 0.3 is 0 Å². The normalized spacial score (nSPS) is 11.3. The van der Waals surface area contributed by atoms with Crippen molar-refractivity contribution in [3.8, 4) is 22.8 Å². The van der Waals surface area contributed by atoms with E-state index in [4.69, 9.17) is 22.1 Å². The van der Waals surface area contributed by atoms with Crippen LogP contribution in [-0.2, 0) is 9.84 Å². The number of nitrogen functional groups attached to an aromatic ring is 1. The zero-order valence-corrected chi connectivity index (χ0v) is 15.8. The molecule has 26 heavy (non-hydrogen) atoms. The molecule has 0 spiro atoms. The molecule has 3 aromatic rings. The van der Waals surface area contributed by atoms with Crippen LogP contribution >= 0.6 is 11.6 Å². The summed E-state index contributed by atoms with van der Waals surface area (Å²) in [6, 6.07) is 13.3. The molecule has 0 aliphatic rings. The number of ether oxygens (including phenoxy) is 1. The predicted molar refractivity (Wildman–Crippen MR) is 103 cm³/mol. The largest absolute Gasteiger partial charge is 0.455 e. The SMILES string of the molecule is Cc1cc(-c2ncccc2Cl)cc(Oc2ccc(S(C)(=O)=O)cc2)c1N. The Morgan fingerprint density at radius 1 is 1.12 bits per heavy atom. The Balaban J connectivity index is 1.99. The van der Waals surface area contributed by atoms with Crippen LogP contribution in [0.4, 0.5) is 5.69 Å². The van der Waals surface area contributed by atoms with Gasteiger partial charge in [0.05, 0.1) is 21.3 Å². The number of rotatable bonds is 4. The molecule has 0 aliphatic carbocycles. The average Bonchev–Trinajstić information content (AvgIpc) is 2.59. The lowest BCUT2D eigenvalue weighted by Gasteiger charge is -2.13. The number of halogens is 1. The van der Waals surface area contributed by atoms with Crippen LogP contribution in [0.15, 0.2) is 59.6 Å². The molecule has 7 heteroatoms. The van der Waals surface area contributed by atoms with E-state index in [2.05, 4.69) is 4.98 Å². The van der Waals surface area contributed by atoms with Gasteiger partial charge in [0, 0.05) is 18.0 Å². The summed E-state index contributed by atoms with van der Waals surface area (Å²) in [4.78, 5) is 4.54. The molecule has 2 N–H and O–H groups in total. The minimum Gasteiger partial charge on any atom is -0.455 e. The average molecular weight is 389 g/mol. The van der Waals surface area contributed by atoms with Crippen LogP contribution in [0.1, 0.15) is 5.56 Å². The summed E-state index contributed by atoms with van der Waals surface area (Å²) in [5.74, 6) is 0.932. The molecule has 0 atom stereocenters. The Labute approximate surface area is 157 Å². The van der Waals surface area contributed by atoms with Gasteiger partial charge in [-0.15, -0.1) is 0 Å². The molecule has 134 valence electrons. The Morgan fingerprint density at radius 3 is 2.42 bits per heavy atom. The standard InChI is InChI=1S/C19H17ClN2O3S/c1-12-10-13(19-16(20)4-3-9-22-19)11-17(18(12)21)25-14-5-7-15(8-6-14)26(2,23)24/h3-11H,21H2,1-2H3. The second-order valence-corrected chi connectivity index (χ2v) is 8.31. The van der Waals surface area contributed by atoms with Gasteiger partial charge in [0.1, 0.15) is 5.75 Å². The number of aromatic nitrogens is 1. The Kier molecular flexibility index (Phi) is 4.89. The number of pyridine rings is 1. The molecule has 5 nitrogen and oxygen atoms in total. The smallest absolute Gasteiger partial charge is 0.175 e. The molecular formula is C19H17ClN2O3S. The van der Waals surface area contributed by atoms with Crippen molar-refractivity contribution >= 4 is 27.1 Å². The molecule has 0 saturated carbocycles. The summed E-state index contributed by atoms with van der Waals surface area (Å²) in [6.45, 7) is 1.87.